The molecule has 0 aliphatic heterocycles. The first-order valence-corrected chi connectivity index (χ1v) is 41.9. The highest BCUT2D eigenvalue weighted by atomic mass is 35.5. The van der Waals surface area contributed by atoms with E-state index in [1.54, 1.807) is 0 Å². The van der Waals surface area contributed by atoms with Crippen molar-refractivity contribution in [2.24, 2.45) is 0 Å². The Labute approximate surface area is 705 Å². The van der Waals surface area contributed by atoms with Gasteiger partial charge in [0.2, 0.25) is 11.4 Å². The van der Waals surface area contributed by atoms with Crippen LogP contribution >= 0.6 is 11.6 Å². The molecular weight excluding hydrogens is 1520 g/mol. The predicted octanol–water partition coefficient (Wildman–Crippen LogP) is 30.6. The van der Waals surface area contributed by atoms with Crippen molar-refractivity contribution in [2.75, 3.05) is 0 Å². The van der Waals surface area contributed by atoms with E-state index >= 15 is 0 Å². The van der Waals surface area contributed by atoms with Gasteiger partial charge in [-0.1, -0.05) is 303 Å². The summed E-state index contributed by atoms with van der Waals surface area (Å²) >= 11 is 6.66. The number of rotatable bonds is 5. The summed E-state index contributed by atoms with van der Waals surface area (Å²) in [4.78, 5) is 24.2. The van der Waals surface area contributed by atoms with Crippen LogP contribution in [0, 0.1) is 0 Å². The van der Waals surface area contributed by atoms with Gasteiger partial charge in [-0.3, -0.25) is 4.57 Å². The SMILES string of the molecule is Clc1nc2c(nc1-c1ccc3c4ccccc4n(-c4ccccc4)c3c1)oc1ccccc12.c1ccc(-n2c3ccccc3c3ccc(-c4nc5oc6ccccc6c5nc4-n4c5ccc6ccccc6c5c5c6c7ccccc7c7ccccc7c6ccc54)cc32)cc1.c1ccc2c(c1)ccc1[nH]c3ccc4c5ccccc5c5ccccc5c4c3c12. The molecule has 0 radical (unpaired) electrons. The van der Waals surface area contributed by atoms with Gasteiger partial charge < -0.3 is 23.0 Å². The smallest absolute Gasteiger partial charge is 0.247 e. The van der Waals surface area contributed by atoms with Crippen LogP contribution in [0.3, 0.4) is 0 Å². The number of fused-ring (bicyclic) bond motifs is 36. The zero-order valence-electron chi connectivity index (χ0n) is 65.8. The van der Waals surface area contributed by atoms with Gasteiger partial charge in [0.1, 0.15) is 33.6 Å². The number of aromatic amines is 1. The summed E-state index contributed by atoms with van der Waals surface area (Å²) in [7, 11) is 0. The fourth-order valence-electron chi connectivity index (χ4n) is 20.1. The van der Waals surface area contributed by atoms with E-state index in [0.717, 1.165) is 94.6 Å². The summed E-state index contributed by atoms with van der Waals surface area (Å²) in [6.07, 6.45) is 0. The molecule has 8 heterocycles. The maximum atomic E-state index is 6.66. The highest BCUT2D eigenvalue weighted by molar-refractivity contribution is 6.40. The first-order chi connectivity index (χ1) is 61.0. The quantitative estimate of drug-likeness (QED) is 0.172. The number of nitrogens with one attached hydrogen (secondary N) is 1. The molecule has 28 aromatic rings. The Hall–Kier alpha value is -16.3. The minimum absolute atomic E-state index is 0.357. The van der Waals surface area contributed by atoms with Gasteiger partial charge in [-0.15, -0.1) is 0 Å². The van der Waals surface area contributed by atoms with Crippen LogP contribution in [0.25, 0.3) is 258 Å². The summed E-state index contributed by atoms with van der Waals surface area (Å²) in [5.41, 5.74) is 18.3. The average molecular weight is 1590 g/mol. The van der Waals surface area contributed by atoms with Crippen LogP contribution in [0.1, 0.15) is 0 Å². The van der Waals surface area contributed by atoms with Crippen molar-refractivity contribution < 1.29 is 8.83 Å². The molecule has 0 unspecified atom stereocenters. The van der Waals surface area contributed by atoms with Gasteiger partial charge in [0.25, 0.3) is 0 Å². The average Bonchev–Trinajstić information content (AvgIpc) is 1.57. The van der Waals surface area contributed by atoms with Crippen LogP contribution < -0.4 is 0 Å². The molecule has 0 atom stereocenters. The lowest BCUT2D eigenvalue weighted by atomic mass is 9.91. The Morgan fingerprint density at radius 2 is 0.585 bits per heavy atom. The standard InChI is InChI=1S/C56H32N4O.C28H16ClN3O.C28H17N/c1-2-15-35(16-3-1)59-45-24-12-10-21-40(45)41-28-26-34(32-48(41)59)53-55(57-54-44-23-11-13-25-49(44)61-56(54)58-53)60-46-30-27-33-14-4-5-17-36(33)51(46)52-47(60)31-29-43-39-20-7-6-18-37(39)38-19-8-9-22-42(38)50(43)52;29-27-25(31-28-26(30-27)21-11-5-7-13-24(21)33-28)17-14-15-20-19-10-4-6-12-22(19)32(23(20)16-17)18-8-2-1-3-9-18;1-2-8-18-17(7-1)13-15-24-27(18)28-25(29-24)16-14-23-21-11-4-3-9-19(21)20-10-5-6-12-22(20)26(23)28/h1-32H;1-16H;1-16,29H. The zero-order valence-corrected chi connectivity index (χ0v) is 66.5. The minimum atomic E-state index is 0.357. The lowest BCUT2D eigenvalue weighted by Gasteiger charge is -2.14. The second-order valence-corrected chi connectivity index (χ2v) is 32.3. The number of halogens is 1. The number of H-pyrrole nitrogens is 1. The summed E-state index contributed by atoms with van der Waals surface area (Å²) in [5.74, 6) is 0.750. The molecule has 8 aromatic heterocycles. The maximum absolute atomic E-state index is 6.66. The Bertz CT molecular complexity index is 9310. The van der Waals surface area contributed by atoms with Crippen molar-refractivity contribution in [3.8, 4) is 39.7 Å². The lowest BCUT2D eigenvalue weighted by Crippen LogP contribution is -2.03. The van der Waals surface area contributed by atoms with Crippen LogP contribution in [0.15, 0.2) is 397 Å². The largest absolute Gasteiger partial charge is 0.436 e. The molecule has 10 nitrogen and oxygen atoms in total. The highest BCUT2D eigenvalue weighted by Gasteiger charge is 2.28. The molecule has 0 saturated heterocycles. The molecule has 20 aromatic carbocycles. The van der Waals surface area contributed by atoms with E-state index < -0.39 is 0 Å². The normalized spacial score (nSPS) is 12.1. The summed E-state index contributed by atoms with van der Waals surface area (Å²) in [6, 6.07) is 138. The topological polar surface area (TPSA) is 108 Å². The second kappa shape index (κ2) is 26.9. The summed E-state index contributed by atoms with van der Waals surface area (Å²) < 4.78 is 19.5. The number of benzene rings is 20. The van der Waals surface area contributed by atoms with Crippen LogP contribution in [0.4, 0.5) is 0 Å². The van der Waals surface area contributed by atoms with E-state index in [4.69, 9.17) is 35.4 Å². The molecule has 0 aliphatic carbocycles. The molecule has 0 bridgehead atoms. The Morgan fingerprint density at radius 1 is 0.228 bits per heavy atom. The third kappa shape index (κ3) is 10.3. The number of aromatic nitrogens is 8. The molecule has 0 aliphatic rings. The number of nitrogens with zero attached hydrogens (tertiary/aromatic N) is 7. The molecule has 0 saturated carbocycles. The molecule has 123 heavy (non-hydrogen) atoms. The lowest BCUT2D eigenvalue weighted by molar-refractivity contribution is 0.653. The van der Waals surface area contributed by atoms with Crippen molar-refractivity contribution in [1.82, 2.24) is 38.6 Å². The van der Waals surface area contributed by atoms with Gasteiger partial charge in [0.05, 0.1) is 33.1 Å². The highest BCUT2D eigenvalue weighted by Crippen LogP contribution is 2.50. The van der Waals surface area contributed by atoms with Gasteiger partial charge in [0, 0.05) is 98.2 Å². The van der Waals surface area contributed by atoms with E-state index in [-0.39, 0.29) is 0 Å². The molecule has 0 spiro atoms. The molecule has 572 valence electrons. The van der Waals surface area contributed by atoms with E-state index in [1.807, 2.05) is 48.5 Å². The summed E-state index contributed by atoms with van der Waals surface area (Å²) in [5, 5.41) is 32.4. The van der Waals surface area contributed by atoms with E-state index in [2.05, 4.69) is 363 Å². The van der Waals surface area contributed by atoms with Gasteiger partial charge >= 0.3 is 0 Å². The Morgan fingerprint density at radius 3 is 1.13 bits per heavy atom. The maximum Gasteiger partial charge on any atom is 0.247 e. The second-order valence-electron chi connectivity index (χ2n) is 31.9. The van der Waals surface area contributed by atoms with E-state index in [1.165, 1.54) is 140 Å². The predicted molar refractivity (Wildman–Crippen MR) is 513 cm³/mol. The van der Waals surface area contributed by atoms with Gasteiger partial charge in [0.15, 0.2) is 11.0 Å². The van der Waals surface area contributed by atoms with E-state index in [9.17, 15) is 0 Å². The van der Waals surface area contributed by atoms with Crippen molar-refractivity contribution >= 4 is 229 Å². The fourth-order valence-corrected chi connectivity index (χ4v) is 20.4. The Kier molecular flexibility index (Phi) is 15.0. The first kappa shape index (κ1) is 68.8. The molecule has 0 amide bonds. The Balaban J connectivity index is 0.000000110. The molecule has 11 heteroatoms. The van der Waals surface area contributed by atoms with Crippen molar-refractivity contribution in [1.29, 1.82) is 0 Å². The summed E-state index contributed by atoms with van der Waals surface area (Å²) in [6.45, 7) is 0. The van der Waals surface area contributed by atoms with Gasteiger partial charge in [-0.2, -0.15) is 0 Å². The zero-order chi connectivity index (χ0) is 80.6. The van der Waals surface area contributed by atoms with E-state index in [0.29, 0.717) is 27.8 Å². The minimum Gasteiger partial charge on any atom is -0.436 e. The third-order valence-corrected chi connectivity index (χ3v) is 25.6. The van der Waals surface area contributed by atoms with Crippen molar-refractivity contribution in [3.63, 3.8) is 0 Å². The first-order valence-electron chi connectivity index (χ1n) is 41.5. The third-order valence-electron chi connectivity index (χ3n) is 25.4. The van der Waals surface area contributed by atoms with Crippen LogP contribution in [0.5, 0.6) is 0 Å². The van der Waals surface area contributed by atoms with Crippen LogP contribution in [-0.2, 0) is 0 Å². The monoisotopic (exact) mass is 1590 g/mol. The molecule has 0 fully saturated rings. The number of hydrogen-bond acceptors (Lipinski definition) is 6. The fraction of sp³-hybridized carbons (Fsp3) is 0. The van der Waals surface area contributed by atoms with Crippen LogP contribution in [0.2, 0.25) is 5.15 Å². The number of para-hydroxylation sites is 6. The number of hydrogen-bond donors (Lipinski definition) is 1. The van der Waals surface area contributed by atoms with Gasteiger partial charge in [-0.25, -0.2) is 19.9 Å². The molecule has 1 N–H and O–H groups in total. The van der Waals surface area contributed by atoms with Crippen LogP contribution in [-0.4, -0.2) is 38.6 Å². The van der Waals surface area contributed by atoms with Crippen molar-refractivity contribution in [3.05, 3.63) is 393 Å². The van der Waals surface area contributed by atoms with Gasteiger partial charge in [-0.05, 0) is 172 Å². The van der Waals surface area contributed by atoms with Crippen molar-refractivity contribution in [2.45, 2.75) is 0 Å². The number of furan rings is 2. The molecular formula is C112H65ClN8O2. The molecule has 28 rings (SSSR count).